The van der Waals surface area contributed by atoms with Crippen molar-refractivity contribution >= 4 is 21.8 Å². The highest BCUT2D eigenvalue weighted by Crippen LogP contribution is 2.16. The van der Waals surface area contributed by atoms with Crippen molar-refractivity contribution in [3.63, 3.8) is 0 Å². The zero-order valence-electron chi connectivity index (χ0n) is 16.1. The third kappa shape index (κ3) is 5.15. The van der Waals surface area contributed by atoms with Crippen LogP contribution >= 0.6 is 0 Å². The van der Waals surface area contributed by atoms with Crippen LogP contribution in [0.25, 0.3) is 0 Å². The average molecular weight is 401 g/mol. The molecule has 2 aromatic rings. The minimum Gasteiger partial charge on any atom is -0.454 e. The van der Waals surface area contributed by atoms with Gasteiger partial charge < -0.3 is 4.74 Å². The van der Waals surface area contributed by atoms with Crippen molar-refractivity contribution in [1.29, 1.82) is 0 Å². The molecule has 0 fully saturated rings. The molecule has 1 N–H and O–H groups in total. The second-order valence-electron chi connectivity index (χ2n) is 6.42. The molecule has 0 aliphatic carbocycles. The third-order valence-corrected chi connectivity index (χ3v) is 5.73. The molecule has 2 rings (SSSR count). The quantitative estimate of drug-likeness (QED) is 0.417. The summed E-state index contributed by atoms with van der Waals surface area (Å²) < 4.78 is 31.4. The second kappa shape index (κ2) is 8.95. The molecular formula is C21H23NO5S. The van der Waals surface area contributed by atoms with E-state index in [-0.39, 0.29) is 29.4 Å². The highest BCUT2D eigenvalue weighted by molar-refractivity contribution is 7.89. The van der Waals surface area contributed by atoms with Gasteiger partial charge >= 0.3 is 5.97 Å². The van der Waals surface area contributed by atoms with E-state index in [9.17, 15) is 18.0 Å². The van der Waals surface area contributed by atoms with Crippen LogP contribution in [0.1, 0.15) is 37.4 Å². The lowest BCUT2D eigenvalue weighted by Gasteiger charge is -2.10. The maximum absolute atomic E-state index is 12.4. The number of nitrogens with one attached hydrogen (secondary N) is 1. The van der Waals surface area contributed by atoms with Crippen molar-refractivity contribution in [3.8, 4) is 0 Å². The first kappa shape index (κ1) is 21.5. The van der Waals surface area contributed by atoms with Gasteiger partial charge in [0.2, 0.25) is 15.8 Å². The zero-order chi connectivity index (χ0) is 20.9. The van der Waals surface area contributed by atoms with Gasteiger partial charge in [0, 0.05) is 12.1 Å². The van der Waals surface area contributed by atoms with Crippen LogP contribution in [0.4, 0.5) is 0 Å². The van der Waals surface area contributed by atoms with Crippen molar-refractivity contribution in [2.45, 2.75) is 25.7 Å². The number of hydrogen-bond donors (Lipinski definition) is 1. The first-order chi connectivity index (χ1) is 13.2. The molecule has 0 aromatic heterocycles. The van der Waals surface area contributed by atoms with E-state index >= 15 is 0 Å². The van der Waals surface area contributed by atoms with Crippen LogP contribution in [0.5, 0.6) is 0 Å². The van der Waals surface area contributed by atoms with E-state index in [4.69, 9.17) is 4.74 Å². The molecule has 6 nitrogen and oxygen atoms in total. The lowest BCUT2D eigenvalue weighted by atomic mass is 9.98. The fourth-order valence-corrected chi connectivity index (χ4v) is 3.57. The van der Waals surface area contributed by atoms with E-state index < -0.39 is 16.0 Å². The molecule has 0 aliphatic rings. The van der Waals surface area contributed by atoms with Crippen LogP contribution in [0.15, 0.2) is 53.9 Å². The average Bonchev–Trinajstić information content (AvgIpc) is 2.67. The molecule has 0 saturated carbocycles. The van der Waals surface area contributed by atoms with E-state index in [0.29, 0.717) is 5.56 Å². The third-order valence-electron chi connectivity index (χ3n) is 4.29. The maximum atomic E-state index is 12.4. The summed E-state index contributed by atoms with van der Waals surface area (Å²) >= 11 is 0. The largest absolute Gasteiger partial charge is 0.454 e. The first-order valence-corrected chi connectivity index (χ1v) is 10.1. The number of benzene rings is 2. The molecule has 0 atom stereocenters. The number of hydrogen-bond acceptors (Lipinski definition) is 5. The Balaban J connectivity index is 2.04. The van der Waals surface area contributed by atoms with Gasteiger partial charge in [-0.25, -0.2) is 17.9 Å². The number of esters is 1. The van der Waals surface area contributed by atoms with Gasteiger partial charge in [-0.1, -0.05) is 12.1 Å². The Morgan fingerprint density at radius 2 is 1.64 bits per heavy atom. The van der Waals surface area contributed by atoms with Crippen LogP contribution in [-0.4, -0.2) is 33.3 Å². The molecule has 2 aromatic carbocycles. The number of Topliss-reactive ketones (excluding diaryl/α,β-unsaturated/α-hetero) is 1. The minimum absolute atomic E-state index is 0.0210. The summed E-state index contributed by atoms with van der Waals surface area (Å²) in [5, 5.41) is 0. The fraction of sp³-hybridized carbons (Fsp3) is 0.238. The van der Waals surface area contributed by atoms with Crippen LogP contribution in [-0.2, 0) is 14.8 Å². The van der Waals surface area contributed by atoms with E-state index in [2.05, 4.69) is 11.3 Å². The van der Waals surface area contributed by atoms with Gasteiger partial charge in [-0.15, -0.1) is 6.58 Å². The summed E-state index contributed by atoms with van der Waals surface area (Å²) in [7, 11) is -3.67. The Hall–Kier alpha value is -2.77. The van der Waals surface area contributed by atoms with Crippen molar-refractivity contribution in [2.24, 2.45) is 0 Å². The topological polar surface area (TPSA) is 89.5 Å². The van der Waals surface area contributed by atoms with Crippen molar-refractivity contribution in [2.75, 3.05) is 13.2 Å². The van der Waals surface area contributed by atoms with Crippen LogP contribution in [0.3, 0.4) is 0 Å². The smallest absolute Gasteiger partial charge is 0.338 e. The fourth-order valence-electron chi connectivity index (χ4n) is 2.58. The van der Waals surface area contributed by atoms with E-state index in [1.54, 1.807) is 6.07 Å². The van der Waals surface area contributed by atoms with Gasteiger partial charge in [0.15, 0.2) is 6.61 Å². The maximum Gasteiger partial charge on any atom is 0.338 e. The molecule has 0 amide bonds. The van der Waals surface area contributed by atoms with E-state index in [0.717, 1.165) is 16.7 Å². The van der Waals surface area contributed by atoms with Crippen LogP contribution in [0.2, 0.25) is 0 Å². The minimum atomic E-state index is -3.67. The van der Waals surface area contributed by atoms with E-state index in [1.165, 1.54) is 30.3 Å². The second-order valence-corrected chi connectivity index (χ2v) is 8.18. The van der Waals surface area contributed by atoms with Gasteiger partial charge in [-0.2, -0.15) is 0 Å². The summed E-state index contributed by atoms with van der Waals surface area (Å²) in [5.41, 5.74) is 3.58. The van der Waals surface area contributed by atoms with Gasteiger partial charge in [-0.05, 0) is 67.8 Å². The summed E-state index contributed by atoms with van der Waals surface area (Å²) in [6.45, 7) is 8.88. The van der Waals surface area contributed by atoms with Gasteiger partial charge in [0.05, 0.1) is 10.5 Å². The summed E-state index contributed by atoms with van der Waals surface area (Å²) in [6, 6.07) is 9.00. The first-order valence-electron chi connectivity index (χ1n) is 8.64. The molecule has 0 spiro atoms. The Labute approximate surface area is 165 Å². The lowest BCUT2D eigenvalue weighted by Crippen LogP contribution is -2.23. The predicted molar refractivity (Wildman–Crippen MR) is 107 cm³/mol. The number of aryl methyl sites for hydroxylation is 3. The van der Waals surface area contributed by atoms with Crippen molar-refractivity contribution in [1.82, 2.24) is 4.72 Å². The molecule has 0 radical (unpaired) electrons. The highest BCUT2D eigenvalue weighted by atomic mass is 32.2. The molecule has 0 unspecified atom stereocenters. The highest BCUT2D eigenvalue weighted by Gasteiger charge is 2.17. The SMILES string of the molecule is C=CCNS(=O)(=O)c1ccc(C(=O)OCC(=O)c2cc(C)c(C)cc2C)cc1. The zero-order valence-corrected chi connectivity index (χ0v) is 16.9. The Morgan fingerprint density at radius 1 is 1.04 bits per heavy atom. The number of carbonyl (C=O) groups is 2. The number of ketones is 1. The molecule has 7 heteroatoms. The normalized spacial score (nSPS) is 11.1. The monoisotopic (exact) mass is 401 g/mol. The number of sulfonamides is 1. The predicted octanol–water partition coefficient (Wildman–Crippen LogP) is 3.12. The number of rotatable bonds is 8. The molecule has 0 saturated heterocycles. The molecule has 0 aliphatic heterocycles. The van der Waals surface area contributed by atoms with Crippen LogP contribution < -0.4 is 4.72 Å². The molecule has 0 heterocycles. The van der Waals surface area contributed by atoms with Gasteiger partial charge in [0.1, 0.15) is 0 Å². The molecule has 28 heavy (non-hydrogen) atoms. The summed E-state index contributed by atoms with van der Waals surface area (Å²) in [6.07, 6.45) is 1.43. The Kier molecular flexibility index (Phi) is 6.88. The number of ether oxygens (including phenoxy) is 1. The number of carbonyl (C=O) groups excluding carboxylic acids is 2. The van der Waals surface area contributed by atoms with Gasteiger partial charge in [-0.3, -0.25) is 4.79 Å². The molecule has 148 valence electrons. The summed E-state index contributed by atoms with van der Waals surface area (Å²) in [4.78, 5) is 24.6. The Morgan fingerprint density at radius 3 is 2.25 bits per heavy atom. The standard InChI is InChI=1S/C21H23NO5S/c1-5-10-22-28(25,26)18-8-6-17(7-9-18)21(24)27-13-20(23)19-12-15(3)14(2)11-16(19)4/h5-9,11-12,22H,1,10,13H2,2-4H3. The van der Waals surface area contributed by atoms with E-state index in [1.807, 2.05) is 26.8 Å². The lowest BCUT2D eigenvalue weighted by molar-refractivity contribution is 0.0474. The Bertz CT molecular complexity index is 1010. The molecule has 0 bridgehead atoms. The summed E-state index contributed by atoms with van der Waals surface area (Å²) in [5.74, 6) is -0.986. The van der Waals surface area contributed by atoms with Crippen molar-refractivity contribution < 1.29 is 22.7 Å². The molecular weight excluding hydrogens is 378 g/mol. The van der Waals surface area contributed by atoms with Crippen LogP contribution in [0, 0.1) is 20.8 Å². The van der Waals surface area contributed by atoms with Crippen molar-refractivity contribution in [3.05, 3.63) is 76.9 Å². The van der Waals surface area contributed by atoms with Gasteiger partial charge in [0.25, 0.3) is 0 Å².